The first-order valence-corrected chi connectivity index (χ1v) is 4.25. The lowest BCUT2D eigenvalue weighted by Crippen LogP contribution is -1.96. The molecule has 0 radical (unpaired) electrons. The Morgan fingerprint density at radius 2 is 2.25 bits per heavy atom. The van der Waals surface area contributed by atoms with Gasteiger partial charge in [-0.3, -0.25) is 0 Å². The number of allylic oxidation sites excluding steroid dienone is 4. The zero-order chi connectivity index (χ0) is 8.97. The molecule has 0 aromatic carbocycles. The molecule has 0 saturated carbocycles. The summed E-state index contributed by atoms with van der Waals surface area (Å²) in [5.74, 6) is 0.677. The number of aliphatic hydroxyl groups excluding tert-OH is 1. The molecule has 1 rings (SSSR count). The van der Waals surface area contributed by atoms with Gasteiger partial charge in [0.1, 0.15) is 5.78 Å². The van der Waals surface area contributed by atoms with Gasteiger partial charge in [0.2, 0.25) is 0 Å². The fraction of sp³-hybridized carbons (Fsp3) is 0.500. The zero-order valence-electron chi connectivity index (χ0n) is 7.34. The molecule has 0 atom stereocenters. The maximum absolute atomic E-state index is 10.7. The Morgan fingerprint density at radius 3 is 2.75 bits per heavy atom. The van der Waals surface area contributed by atoms with Crippen LogP contribution in [0.15, 0.2) is 23.5 Å². The van der Waals surface area contributed by atoms with E-state index < -0.39 is 0 Å². The first-order chi connectivity index (χ1) is 5.68. The van der Waals surface area contributed by atoms with Gasteiger partial charge in [0.15, 0.2) is 0 Å². The van der Waals surface area contributed by atoms with Crippen molar-refractivity contribution in [3.05, 3.63) is 23.5 Å². The average molecular weight is 166 g/mol. The molecule has 0 aromatic heterocycles. The summed E-state index contributed by atoms with van der Waals surface area (Å²) in [7, 11) is 0. The molecule has 0 aliphatic heterocycles. The molecule has 0 heterocycles. The van der Waals surface area contributed by atoms with E-state index in [9.17, 15) is 4.79 Å². The highest BCUT2D eigenvalue weighted by Gasteiger charge is 2.05. The van der Waals surface area contributed by atoms with Crippen molar-refractivity contribution in [2.45, 2.75) is 32.6 Å². The Hall–Kier alpha value is -1.05. The van der Waals surface area contributed by atoms with Crippen LogP contribution in [0, 0.1) is 0 Å². The largest absolute Gasteiger partial charge is 0.512 e. The molecule has 1 N–H and O–H groups in total. The fourth-order valence-electron chi connectivity index (χ4n) is 1.21. The number of aliphatic hydroxyl groups is 1. The molecule has 12 heavy (non-hydrogen) atoms. The van der Waals surface area contributed by atoms with Crippen molar-refractivity contribution in [2.75, 3.05) is 0 Å². The van der Waals surface area contributed by atoms with Crippen LogP contribution >= 0.6 is 0 Å². The predicted octanol–water partition coefficient (Wildman–Crippen LogP) is 2.52. The SMILES string of the molecule is CC(=O)CCC1=CC=C(O)CC1. The molecule has 0 aromatic rings. The van der Waals surface area contributed by atoms with Crippen LogP contribution in [0.4, 0.5) is 0 Å². The smallest absolute Gasteiger partial charge is 0.130 e. The Kier molecular flexibility index (Phi) is 3.09. The minimum absolute atomic E-state index is 0.231. The summed E-state index contributed by atoms with van der Waals surface area (Å²) in [4.78, 5) is 10.7. The van der Waals surface area contributed by atoms with E-state index >= 15 is 0 Å². The second-order valence-electron chi connectivity index (χ2n) is 3.18. The third-order valence-electron chi connectivity index (χ3n) is 2.01. The lowest BCUT2D eigenvalue weighted by Gasteiger charge is -2.09. The standard InChI is InChI=1S/C10H14O2/c1-8(11)2-3-9-4-6-10(12)7-5-9/h4,6,12H,2-3,5,7H2,1H3. The van der Waals surface area contributed by atoms with Gasteiger partial charge >= 0.3 is 0 Å². The Labute approximate surface area is 72.6 Å². The van der Waals surface area contributed by atoms with Crippen molar-refractivity contribution >= 4 is 5.78 Å². The van der Waals surface area contributed by atoms with Gasteiger partial charge in [-0.2, -0.15) is 0 Å². The van der Waals surface area contributed by atoms with Gasteiger partial charge in [-0.05, 0) is 25.8 Å². The van der Waals surface area contributed by atoms with E-state index in [1.807, 2.05) is 6.08 Å². The van der Waals surface area contributed by atoms with E-state index in [2.05, 4.69) is 0 Å². The van der Waals surface area contributed by atoms with Crippen LogP contribution in [0.2, 0.25) is 0 Å². The van der Waals surface area contributed by atoms with E-state index in [0.717, 1.165) is 19.3 Å². The molecule has 0 spiro atoms. The van der Waals surface area contributed by atoms with Crippen LogP contribution in [-0.2, 0) is 4.79 Å². The monoisotopic (exact) mass is 166 g/mol. The summed E-state index contributed by atoms with van der Waals surface area (Å²) in [5, 5.41) is 9.05. The molecular weight excluding hydrogens is 152 g/mol. The van der Waals surface area contributed by atoms with Crippen LogP contribution in [-0.4, -0.2) is 10.9 Å². The lowest BCUT2D eigenvalue weighted by atomic mass is 9.99. The Bertz CT molecular complexity index is 236. The number of hydrogen-bond donors (Lipinski definition) is 1. The van der Waals surface area contributed by atoms with Crippen LogP contribution < -0.4 is 0 Å². The quantitative estimate of drug-likeness (QED) is 0.699. The molecule has 2 nitrogen and oxygen atoms in total. The second kappa shape index (κ2) is 4.10. The summed E-state index contributed by atoms with van der Waals surface area (Å²) >= 11 is 0. The van der Waals surface area contributed by atoms with Crippen LogP contribution in [0.25, 0.3) is 0 Å². The van der Waals surface area contributed by atoms with E-state index in [4.69, 9.17) is 5.11 Å². The predicted molar refractivity (Wildman–Crippen MR) is 47.9 cm³/mol. The number of carbonyl (C=O) groups excluding carboxylic acids is 1. The lowest BCUT2D eigenvalue weighted by molar-refractivity contribution is -0.116. The number of ketones is 1. The van der Waals surface area contributed by atoms with Crippen LogP contribution in [0.1, 0.15) is 32.6 Å². The summed E-state index contributed by atoms with van der Waals surface area (Å²) in [6, 6.07) is 0. The molecule has 0 saturated heterocycles. The molecule has 0 fully saturated rings. The highest BCUT2D eigenvalue weighted by molar-refractivity contribution is 5.75. The van der Waals surface area contributed by atoms with Gasteiger partial charge in [0.25, 0.3) is 0 Å². The Morgan fingerprint density at radius 1 is 1.50 bits per heavy atom. The average Bonchev–Trinajstić information content (AvgIpc) is 2.03. The Balaban J connectivity index is 2.39. The van der Waals surface area contributed by atoms with E-state index in [-0.39, 0.29) is 5.78 Å². The number of rotatable bonds is 3. The van der Waals surface area contributed by atoms with Crippen LogP contribution in [0.5, 0.6) is 0 Å². The molecule has 1 aliphatic carbocycles. The maximum atomic E-state index is 10.7. The summed E-state index contributed by atoms with van der Waals surface area (Å²) in [5.41, 5.74) is 1.27. The first kappa shape index (κ1) is 9.04. The van der Waals surface area contributed by atoms with Crippen molar-refractivity contribution in [3.63, 3.8) is 0 Å². The van der Waals surface area contributed by atoms with Gasteiger partial charge in [0.05, 0.1) is 5.76 Å². The minimum Gasteiger partial charge on any atom is -0.512 e. The van der Waals surface area contributed by atoms with E-state index in [1.54, 1.807) is 13.0 Å². The zero-order valence-corrected chi connectivity index (χ0v) is 7.34. The van der Waals surface area contributed by atoms with Crippen molar-refractivity contribution in [3.8, 4) is 0 Å². The molecule has 0 amide bonds. The van der Waals surface area contributed by atoms with E-state index in [1.165, 1.54) is 5.57 Å². The third-order valence-corrected chi connectivity index (χ3v) is 2.01. The summed E-state index contributed by atoms with van der Waals surface area (Å²) < 4.78 is 0. The maximum Gasteiger partial charge on any atom is 0.130 e. The number of carbonyl (C=O) groups is 1. The van der Waals surface area contributed by atoms with Crippen molar-refractivity contribution in [1.82, 2.24) is 0 Å². The molecule has 1 aliphatic rings. The highest BCUT2D eigenvalue weighted by Crippen LogP contribution is 2.20. The normalized spacial score (nSPS) is 16.8. The number of Topliss-reactive ketones (excluding diaryl/α,β-unsaturated/α-hetero) is 1. The number of hydrogen-bond acceptors (Lipinski definition) is 2. The first-order valence-electron chi connectivity index (χ1n) is 4.25. The minimum atomic E-state index is 0.231. The van der Waals surface area contributed by atoms with Crippen molar-refractivity contribution in [2.24, 2.45) is 0 Å². The van der Waals surface area contributed by atoms with Gasteiger partial charge in [-0.25, -0.2) is 0 Å². The van der Waals surface area contributed by atoms with Gasteiger partial charge in [0, 0.05) is 12.8 Å². The molecule has 0 unspecified atom stereocenters. The van der Waals surface area contributed by atoms with Crippen molar-refractivity contribution in [1.29, 1.82) is 0 Å². The molecule has 66 valence electrons. The summed E-state index contributed by atoms with van der Waals surface area (Å²) in [6.45, 7) is 1.61. The topological polar surface area (TPSA) is 37.3 Å². The van der Waals surface area contributed by atoms with Gasteiger partial charge < -0.3 is 9.90 Å². The van der Waals surface area contributed by atoms with Gasteiger partial charge in [-0.15, -0.1) is 0 Å². The van der Waals surface area contributed by atoms with Gasteiger partial charge in [-0.1, -0.05) is 11.6 Å². The van der Waals surface area contributed by atoms with Crippen LogP contribution in [0.3, 0.4) is 0 Å². The molecule has 0 bridgehead atoms. The highest BCUT2D eigenvalue weighted by atomic mass is 16.3. The van der Waals surface area contributed by atoms with Crippen molar-refractivity contribution < 1.29 is 9.90 Å². The second-order valence-corrected chi connectivity index (χ2v) is 3.18. The fourth-order valence-corrected chi connectivity index (χ4v) is 1.21. The molecule has 2 heteroatoms. The third kappa shape index (κ3) is 2.91. The molecular formula is C10H14O2. The summed E-state index contributed by atoms with van der Waals surface area (Å²) in [6.07, 6.45) is 6.74. The van der Waals surface area contributed by atoms with E-state index in [0.29, 0.717) is 12.2 Å².